The van der Waals surface area contributed by atoms with E-state index in [0.29, 0.717) is 19.6 Å². The Labute approximate surface area is 102 Å². The van der Waals surface area contributed by atoms with Gasteiger partial charge in [-0.2, -0.15) is 0 Å². The highest BCUT2D eigenvalue weighted by atomic mass is 32.2. The number of rotatable bonds is 11. The Kier molecular flexibility index (Phi) is 10.3. The van der Waals surface area contributed by atoms with Crippen LogP contribution < -0.4 is 5.32 Å². The summed E-state index contributed by atoms with van der Waals surface area (Å²) < 4.78 is 23.8. The fourth-order valence-electron chi connectivity index (χ4n) is 1.03. The van der Waals surface area contributed by atoms with E-state index in [1.807, 2.05) is 0 Å². The Morgan fingerprint density at radius 2 is 2.18 bits per heavy atom. The van der Waals surface area contributed by atoms with Gasteiger partial charge in [-0.3, -0.25) is 4.79 Å². The number of hydrogen-bond donors (Lipinski definition) is 4. The second-order valence-corrected chi connectivity index (χ2v) is 4.51. The molecular weight excluding hydrogens is 250 g/mol. The van der Waals surface area contributed by atoms with Gasteiger partial charge in [0.05, 0.1) is 24.9 Å². The van der Waals surface area contributed by atoms with E-state index in [-0.39, 0.29) is 25.3 Å². The van der Waals surface area contributed by atoms with Crippen molar-refractivity contribution in [2.45, 2.75) is 18.9 Å². The van der Waals surface area contributed by atoms with Gasteiger partial charge in [0.25, 0.3) is 0 Å². The number of aliphatic hydroxyl groups is 1. The zero-order chi connectivity index (χ0) is 13.1. The van der Waals surface area contributed by atoms with Crippen LogP contribution in [0.1, 0.15) is 12.8 Å². The van der Waals surface area contributed by atoms with Gasteiger partial charge in [-0.25, -0.2) is 4.21 Å². The Morgan fingerprint density at radius 3 is 2.76 bits per heavy atom. The highest BCUT2D eigenvalue weighted by Gasteiger charge is 2.04. The SMILES string of the molecule is O=C(O)CCNCC(O)COCCCS(=O)O. The average Bonchev–Trinajstić information content (AvgIpc) is 2.23. The van der Waals surface area contributed by atoms with Gasteiger partial charge in [0.15, 0.2) is 11.1 Å². The van der Waals surface area contributed by atoms with Crippen molar-refractivity contribution in [1.29, 1.82) is 0 Å². The summed E-state index contributed by atoms with van der Waals surface area (Å²) in [6, 6.07) is 0. The molecule has 0 aliphatic carbocycles. The van der Waals surface area contributed by atoms with E-state index in [2.05, 4.69) is 5.32 Å². The lowest BCUT2D eigenvalue weighted by Crippen LogP contribution is -2.31. The largest absolute Gasteiger partial charge is 0.481 e. The molecule has 0 rings (SSSR count). The second-order valence-electron chi connectivity index (χ2n) is 3.46. The van der Waals surface area contributed by atoms with Gasteiger partial charge >= 0.3 is 5.97 Å². The molecule has 0 radical (unpaired) electrons. The van der Waals surface area contributed by atoms with Crippen LogP contribution in [-0.4, -0.2) is 63.1 Å². The van der Waals surface area contributed by atoms with Gasteiger partial charge in [0.1, 0.15) is 0 Å². The third-order valence-electron chi connectivity index (χ3n) is 1.81. The normalized spacial score (nSPS) is 14.5. The fourth-order valence-corrected chi connectivity index (χ4v) is 1.39. The molecule has 0 aliphatic heterocycles. The molecule has 17 heavy (non-hydrogen) atoms. The van der Waals surface area contributed by atoms with Crippen LogP contribution >= 0.6 is 0 Å². The summed E-state index contributed by atoms with van der Waals surface area (Å²) in [4.78, 5) is 10.2. The smallest absolute Gasteiger partial charge is 0.304 e. The summed E-state index contributed by atoms with van der Waals surface area (Å²) in [5, 5.41) is 20.5. The van der Waals surface area contributed by atoms with E-state index in [9.17, 15) is 14.1 Å². The van der Waals surface area contributed by atoms with E-state index >= 15 is 0 Å². The number of carboxylic acid groups (broad SMARTS) is 1. The molecule has 0 amide bonds. The first-order chi connectivity index (χ1) is 8.02. The van der Waals surface area contributed by atoms with Crippen LogP contribution in [0, 0.1) is 0 Å². The molecular formula is C9H19NO6S. The summed E-state index contributed by atoms with van der Waals surface area (Å²) in [7, 11) is 0. The van der Waals surface area contributed by atoms with Gasteiger partial charge in [-0.05, 0) is 6.42 Å². The van der Waals surface area contributed by atoms with E-state index in [1.165, 1.54) is 0 Å². The molecule has 0 heterocycles. The van der Waals surface area contributed by atoms with Crippen molar-refractivity contribution < 1.29 is 28.5 Å². The van der Waals surface area contributed by atoms with Crippen LogP contribution in [0.3, 0.4) is 0 Å². The van der Waals surface area contributed by atoms with Gasteiger partial charge in [-0.15, -0.1) is 0 Å². The lowest BCUT2D eigenvalue weighted by molar-refractivity contribution is -0.136. The van der Waals surface area contributed by atoms with Crippen molar-refractivity contribution >= 4 is 17.0 Å². The minimum Gasteiger partial charge on any atom is -0.481 e. The zero-order valence-corrected chi connectivity index (χ0v) is 10.3. The number of carboxylic acids is 1. The minimum atomic E-state index is -1.80. The van der Waals surface area contributed by atoms with Gasteiger partial charge in [-0.1, -0.05) is 0 Å². The Hall–Kier alpha value is -0.540. The molecule has 8 heteroatoms. The molecule has 4 N–H and O–H groups in total. The molecule has 0 aromatic heterocycles. The first-order valence-corrected chi connectivity index (χ1v) is 6.55. The second kappa shape index (κ2) is 10.6. The quantitative estimate of drug-likeness (QED) is 0.282. The molecule has 2 unspecified atom stereocenters. The lowest BCUT2D eigenvalue weighted by Gasteiger charge is -2.11. The minimum absolute atomic E-state index is 0.00981. The van der Waals surface area contributed by atoms with Crippen molar-refractivity contribution in [3.8, 4) is 0 Å². The lowest BCUT2D eigenvalue weighted by atomic mass is 10.3. The van der Waals surface area contributed by atoms with Crippen molar-refractivity contribution in [3.05, 3.63) is 0 Å². The highest BCUT2D eigenvalue weighted by Crippen LogP contribution is 1.89. The van der Waals surface area contributed by atoms with Crippen LogP contribution in [-0.2, 0) is 20.6 Å². The maximum atomic E-state index is 10.3. The maximum absolute atomic E-state index is 10.3. The maximum Gasteiger partial charge on any atom is 0.304 e. The Morgan fingerprint density at radius 1 is 1.47 bits per heavy atom. The molecule has 0 aromatic rings. The summed E-state index contributed by atoms with van der Waals surface area (Å²) in [6.45, 7) is 1.01. The van der Waals surface area contributed by atoms with Crippen molar-refractivity contribution in [3.63, 3.8) is 0 Å². The monoisotopic (exact) mass is 269 g/mol. The molecule has 2 atom stereocenters. The molecule has 7 nitrogen and oxygen atoms in total. The van der Waals surface area contributed by atoms with E-state index in [4.69, 9.17) is 14.4 Å². The van der Waals surface area contributed by atoms with E-state index in [0.717, 1.165) is 0 Å². The molecule has 102 valence electrons. The summed E-state index contributed by atoms with van der Waals surface area (Å²) in [6.07, 6.45) is -0.235. The average molecular weight is 269 g/mol. The molecule has 0 bridgehead atoms. The van der Waals surface area contributed by atoms with Crippen LogP contribution in [0.15, 0.2) is 0 Å². The standard InChI is InChI=1S/C9H19NO6S/c11-8(6-10-3-2-9(12)13)7-16-4-1-5-17(14)15/h8,10-11H,1-7H2,(H,12,13)(H,14,15). The predicted molar refractivity (Wildman–Crippen MR) is 62.2 cm³/mol. The molecule has 0 aliphatic rings. The predicted octanol–water partition coefficient (Wildman–Crippen LogP) is -0.960. The van der Waals surface area contributed by atoms with E-state index in [1.54, 1.807) is 0 Å². The molecule has 0 aromatic carbocycles. The summed E-state index contributed by atoms with van der Waals surface area (Å²) >= 11 is -1.80. The Balaban J connectivity index is 3.25. The molecule has 0 saturated carbocycles. The molecule has 0 fully saturated rings. The van der Waals surface area contributed by atoms with Crippen LogP contribution in [0.5, 0.6) is 0 Å². The number of carbonyl (C=O) groups is 1. The first-order valence-electron chi connectivity index (χ1n) is 5.28. The first kappa shape index (κ1) is 16.5. The van der Waals surface area contributed by atoms with Crippen LogP contribution in [0.25, 0.3) is 0 Å². The van der Waals surface area contributed by atoms with Gasteiger partial charge < -0.3 is 24.8 Å². The number of aliphatic carboxylic acids is 1. The van der Waals surface area contributed by atoms with Crippen molar-refractivity contribution in [1.82, 2.24) is 5.32 Å². The number of aliphatic hydroxyl groups excluding tert-OH is 1. The van der Waals surface area contributed by atoms with Crippen molar-refractivity contribution in [2.24, 2.45) is 0 Å². The number of hydrogen-bond acceptors (Lipinski definition) is 5. The number of nitrogens with one attached hydrogen (secondary N) is 1. The third-order valence-corrected chi connectivity index (χ3v) is 2.45. The molecule has 0 spiro atoms. The number of ether oxygens (including phenoxy) is 1. The van der Waals surface area contributed by atoms with Crippen LogP contribution in [0.4, 0.5) is 0 Å². The van der Waals surface area contributed by atoms with E-state index < -0.39 is 23.2 Å². The van der Waals surface area contributed by atoms with Crippen molar-refractivity contribution in [2.75, 3.05) is 32.1 Å². The topological polar surface area (TPSA) is 116 Å². The Bertz CT molecular complexity index is 238. The van der Waals surface area contributed by atoms with Crippen LogP contribution in [0.2, 0.25) is 0 Å². The van der Waals surface area contributed by atoms with Gasteiger partial charge in [0, 0.05) is 19.7 Å². The van der Waals surface area contributed by atoms with Gasteiger partial charge in [0.2, 0.25) is 0 Å². The fraction of sp³-hybridized carbons (Fsp3) is 0.889. The summed E-state index contributed by atoms with van der Waals surface area (Å²) in [5.41, 5.74) is 0. The third kappa shape index (κ3) is 13.4. The summed E-state index contributed by atoms with van der Waals surface area (Å²) in [5.74, 6) is -0.729. The zero-order valence-electron chi connectivity index (χ0n) is 9.50. The molecule has 0 saturated heterocycles. The highest BCUT2D eigenvalue weighted by molar-refractivity contribution is 7.79.